The quantitative estimate of drug-likeness (QED) is 0.321. The molecule has 0 radical (unpaired) electrons. The number of aromatic nitrogens is 1. The molecule has 1 saturated heterocycles. The van der Waals surface area contributed by atoms with Crippen molar-refractivity contribution in [2.24, 2.45) is 4.99 Å². The Morgan fingerprint density at radius 2 is 2.19 bits per heavy atom. The van der Waals surface area contributed by atoms with Crippen LogP contribution in [-0.4, -0.2) is 48.7 Å². The van der Waals surface area contributed by atoms with E-state index in [-0.39, 0.29) is 35.5 Å². The van der Waals surface area contributed by atoms with Crippen LogP contribution in [-0.2, 0) is 9.53 Å². The van der Waals surface area contributed by atoms with Crippen molar-refractivity contribution >= 4 is 41.7 Å². The van der Waals surface area contributed by atoms with E-state index in [0.29, 0.717) is 31.3 Å². The van der Waals surface area contributed by atoms with Gasteiger partial charge in [0.1, 0.15) is 5.82 Å². The van der Waals surface area contributed by atoms with Crippen molar-refractivity contribution in [3.8, 4) is 0 Å². The van der Waals surface area contributed by atoms with Gasteiger partial charge in [-0.15, -0.1) is 24.0 Å². The maximum atomic E-state index is 12.0. The minimum Gasteiger partial charge on any atom is -0.373 e. The highest BCUT2D eigenvalue weighted by molar-refractivity contribution is 14.0. The Balaban J connectivity index is 0.00000338. The molecular weight excluding hydrogens is 445 g/mol. The van der Waals surface area contributed by atoms with Crippen LogP contribution in [0.2, 0.25) is 0 Å². The van der Waals surface area contributed by atoms with Crippen LogP contribution in [0.4, 0.5) is 5.82 Å². The van der Waals surface area contributed by atoms with E-state index < -0.39 is 0 Å². The van der Waals surface area contributed by atoms with E-state index in [1.54, 1.807) is 12.3 Å². The van der Waals surface area contributed by atoms with Gasteiger partial charge in [0, 0.05) is 32.3 Å². The number of nitrogens with one attached hydrogen (secondary N) is 3. The number of carbonyl (C=O) groups excluding carboxylic acids is 1. The number of rotatable bonds is 7. The number of hydrogen-bond acceptors (Lipinski definition) is 4. The van der Waals surface area contributed by atoms with Crippen LogP contribution in [0.1, 0.15) is 38.7 Å². The second kappa shape index (κ2) is 11.3. The van der Waals surface area contributed by atoms with E-state index in [1.807, 2.05) is 19.9 Å². The molecule has 0 spiro atoms. The lowest BCUT2D eigenvalue weighted by Gasteiger charge is -2.21. The van der Waals surface area contributed by atoms with E-state index in [2.05, 4.69) is 32.9 Å². The zero-order chi connectivity index (χ0) is 18.1. The Hall–Kier alpha value is -1.42. The highest BCUT2D eigenvalue weighted by Crippen LogP contribution is 2.24. The molecule has 3 N–H and O–H groups in total. The van der Waals surface area contributed by atoms with Gasteiger partial charge in [-0.2, -0.15) is 0 Å². The Bertz CT molecular complexity index is 586. The summed E-state index contributed by atoms with van der Waals surface area (Å²) in [5.74, 6) is 1.20. The average molecular weight is 475 g/mol. The van der Waals surface area contributed by atoms with E-state index in [9.17, 15) is 4.79 Å². The maximum absolute atomic E-state index is 12.0. The molecule has 1 fully saturated rings. The molecule has 1 unspecified atom stereocenters. The van der Waals surface area contributed by atoms with Gasteiger partial charge in [0.05, 0.1) is 12.1 Å². The molecule has 1 aromatic heterocycles. The number of aliphatic imine (C=N–C) groups is 1. The van der Waals surface area contributed by atoms with Crippen molar-refractivity contribution in [3.05, 3.63) is 23.9 Å². The zero-order valence-electron chi connectivity index (χ0n) is 15.8. The molecule has 2 heterocycles. The summed E-state index contributed by atoms with van der Waals surface area (Å²) in [4.78, 5) is 20.7. The third-order valence-corrected chi connectivity index (χ3v) is 4.04. The van der Waals surface area contributed by atoms with Crippen LogP contribution in [0.25, 0.3) is 0 Å². The van der Waals surface area contributed by atoms with Crippen molar-refractivity contribution in [3.63, 3.8) is 0 Å². The van der Waals surface area contributed by atoms with E-state index >= 15 is 0 Å². The first kappa shape index (κ1) is 22.6. The molecule has 2 rings (SSSR count). The van der Waals surface area contributed by atoms with Gasteiger partial charge < -0.3 is 20.7 Å². The fourth-order valence-electron chi connectivity index (χ4n) is 2.59. The number of pyridine rings is 1. The van der Waals surface area contributed by atoms with Gasteiger partial charge in [-0.1, -0.05) is 6.07 Å². The highest BCUT2D eigenvalue weighted by atomic mass is 127. The Morgan fingerprint density at radius 1 is 1.38 bits per heavy atom. The lowest BCUT2D eigenvalue weighted by Crippen LogP contribution is -2.40. The van der Waals surface area contributed by atoms with Gasteiger partial charge in [0.2, 0.25) is 5.91 Å². The van der Waals surface area contributed by atoms with E-state index in [4.69, 9.17) is 4.74 Å². The summed E-state index contributed by atoms with van der Waals surface area (Å²) in [6.45, 7) is 8.76. The number of nitrogens with zero attached hydrogens (tertiary/aromatic N) is 2. The van der Waals surface area contributed by atoms with Gasteiger partial charge in [-0.05, 0) is 45.2 Å². The fraction of sp³-hybridized carbons (Fsp3) is 0.611. The molecule has 1 aromatic rings. The van der Waals surface area contributed by atoms with E-state index in [1.165, 1.54) is 0 Å². The van der Waals surface area contributed by atoms with Gasteiger partial charge in [-0.3, -0.25) is 9.79 Å². The largest absolute Gasteiger partial charge is 0.373 e. The number of hydrogen-bond donors (Lipinski definition) is 3. The summed E-state index contributed by atoms with van der Waals surface area (Å²) in [5.41, 5.74) is 0.891. The molecule has 0 saturated carbocycles. The van der Waals surface area contributed by atoms with Crippen molar-refractivity contribution < 1.29 is 9.53 Å². The number of guanidine groups is 1. The van der Waals surface area contributed by atoms with Crippen molar-refractivity contribution in [2.75, 3.05) is 31.6 Å². The third-order valence-electron chi connectivity index (χ3n) is 4.04. The monoisotopic (exact) mass is 475 g/mol. The Labute approximate surface area is 172 Å². The zero-order valence-corrected chi connectivity index (χ0v) is 18.1. The minimum atomic E-state index is -0.170. The molecule has 0 aliphatic carbocycles. The topological polar surface area (TPSA) is 87.6 Å². The van der Waals surface area contributed by atoms with Gasteiger partial charge in [0.25, 0.3) is 0 Å². The number of aryl methyl sites for hydroxylation is 1. The molecule has 0 aromatic carbocycles. The Morgan fingerprint density at radius 3 is 2.81 bits per heavy atom. The molecule has 7 nitrogen and oxygen atoms in total. The number of anilines is 1. The Kier molecular flexibility index (Phi) is 9.85. The van der Waals surface area contributed by atoms with Gasteiger partial charge >= 0.3 is 0 Å². The molecule has 1 aliphatic rings. The summed E-state index contributed by atoms with van der Waals surface area (Å²) in [7, 11) is 0. The summed E-state index contributed by atoms with van der Waals surface area (Å²) >= 11 is 0. The first-order chi connectivity index (χ1) is 12.0. The summed E-state index contributed by atoms with van der Waals surface area (Å²) < 4.78 is 5.75. The predicted molar refractivity (Wildman–Crippen MR) is 115 cm³/mol. The van der Waals surface area contributed by atoms with Gasteiger partial charge in [-0.25, -0.2) is 4.98 Å². The second-order valence-electron chi connectivity index (χ2n) is 6.54. The highest BCUT2D eigenvalue weighted by Gasteiger charge is 2.29. The third kappa shape index (κ3) is 7.86. The molecule has 146 valence electrons. The second-order valence-corrected chi connectivity index (χ2v) is 6.54. The molecule has 1 amide bonds. The number of carbonyl (C=O) groups is 1. The summed E-state index contributed by atoms with van der Waals surface area (Å²) in [5, 5.41) is 9.17. The van der Waals surface area contributed by atoms with E-state index in [0.717, 1.165) is 31.6 Å². The maximum Gasteiger partial charge on any atom is 0.227 e. The molecular formula is C18H30IN5O2. The first-order valence-electron chi connectivity index (χ1n) is 8.89. The normalized spacial score (nSPS) is 19.6. The molecule has 1 atom stereocenters. The predicted octanol–water partition coefficient (Wildman–Crippen LogP) is 2.46. The molecule has 0 bridgehead atoms. The standard InChI is InChI=1S/C18H29N5O2.HI/c1-4-19-17(22-13-18(3)9-5-11-25-18)20-10-8-16(24)23-15-7-6-14(2)12-21-15;/h6-7,12H,4-5,8-11,13H2,1-3H3,(H2,19,20,22)(H,21,23,24);1H. The van der Waals surface area contributed by atoms with Crippen LogP contribution < -0.4 is 16.0 Å². The molecule has 26 heavy (non-hydrogen) atoms. The van der Waals surface area contributed by atoms with Crippen LogP contribution in [0.3, 0.4) is 0 Å². The van der Waals surface area contributed by atoms with Crippen molar-refractivity contribution in [1.82, 2.24) is 15.6 Å². The SMILES string of the molecule is CCNC(=NCC1(C)CCCO1)NCCC(=O)Nc1ccc(C)cn1.I. The molecule has 1 aliphatic heterocycles. The number of amides is 1. The summed E-state index contributed by atoms with van der Waals surface area (Å²) in [6, 6.07) is 3.72. The lowest BCUT2D eigenvalue weighted by molar-refractivity contribution is -0.116. The van der Waals surface area contributed by atoms with Crippen LogP contribution in [0, 0.1) is 6.92 Å². The van der Waals surface area contributed by atoms with Crippen molar-refractivity contribution in [1.29, 1.82) is 0 Å². The minimum absolute atomic E-state index is 0. The van der Waals surface area contributed by atoms with Gasteiger partial charge in [0.15, 0.2) is 5.96 Å². The number of halogens is 1. The van der Waals surface area contributed by atoms with Crippen LogP contribution >= 0.6 is 24.0 Å². The average Bonchev–Trinajstić information content (AvgIpc) is 3.02. The summed E-state index contributed by atoms with van der Waals surface area (Å²) in [6.07, 6.45) is 4.19. The lowest BCUT2D eigenvalue weighted by atomic mass is 10.0. The van der Waals surface area contributed by atoms with Crippen LogP contribution in [0.5, 0.6) is 0 Å². The first-order valence-corrected chi connectivity index (χ1v) is 8.89. The molecule has 8 heteroatoms. The smallest absolute Gasteiger partial charge is 0.227 e. The fourth-order valence-corrected chi connectivity index (χ4v) is 2.59. The van der Waals surface area contributed by atoms with Crippen LogP contribution in [0.15, 0.2) is 23.3 Å². The van der Waals surface area contributed by atoms with Crippen molar-refractivity contribution in [2.45, 2.75) is 45.6 Å². The number of ether oxygens (including phenoxy) is 1.